The molecule has 0 unspecified atom stereocenters. The number of carbonyl (C=O) groups excluding carboxylic acids is 1. The van der Waals surface area contributed by atoms with Gasteiger partial charge in [0, 0.05) is 19.3 Å². The Balaban J connectivity index is 1.94. The molecule has 16 heavy (non-hydrogen) atoms. The Morgan fingerprint density at radius 1 is 1.44 bits per heavy atom. The molecule has 5 heteroatoms. The number of anilines is 1. The summed E-state index contributed by atoms with van der Waals surface area (Å²) in [5, 5.41) is 2.93. The molecular formula is C11H15N3O2. The van der Waals surface area contributed by atoms with Crippen molar-refractivity contribution in [2.75, 3.05) is 18.9 Å². The van der Waals surface area contributed by atoms with Crippen molar-refractivity contribution in [2.45, 2.75) is 18.9 Å². The summed E-state index contributed by atoms with van der Waals surface area (Å²) in [5.41, 5.74) is 6.46. The van der Waals surface area contributed by atoms with Gasteiger partial charge in [0.1, 0.15) is 5.69 Å². The lowest BCUT2D eigenvalue weighted by Crippen LogP contribution is -2.39. The van der Waals surface area contributed by atoms with Gasteiger partial charge in [-0.15, -0.1) is 0 Å². The first-order valence-corrected chi connectivity index (χ1v) is 5.36. The van der Waals surface area contributed by atoms with Gasteiger partial charge in [-0.1, -0.05) is 0 Å². The summed E-state index contributed by atoms with van der Waals surface area (Å²) in [5.74, 6) is -0.146. The van der Waals surface area contributed by atoms with E-state index >= 15 is 0 Å². The Bertz CT molecular complexity index is 358. The van der Waals surface area contributed by atoms with Gasteiger partial charge in [-0.3, -0.25) is 4.79 Å². The molecule has 1 aliphatic rings. The lowest BCUT2D eigenvalue weighted by Gasteiger charge is -2.22. The highest BCUT2D eigenvalue weighted by molar-refractivity contribution is 5.92. The molecule has 0 spiro atoms. The quantitative estimate of drug-likeness (QED) is 0.765. The summed E-state index contributed by atoms with van der Waals surface area (Å²) < 4.78 is 5.22. The molecule has 5 nitrogen and oxygen atoms in total. The van der Waals surface area contributed by atoms with Crippen molar-refractivity contribution >= 4 is 11.6 Å². The molecule has 1 aromatic rings. The lowest BCUT2D eigenvalue weighted by atomic mass is 10.1. The molecule has 0 aromatic carbocycles. The fraction of sp³-hybridized carbons (Fsp3) is 0.455. The van der Waals surface area contributed by atoms with E-state index < -0.39 is 0 Å². The van der Waals surface area contributed by atoms with E-state index in [9.17, 15) is 4.79 Å². The number of nitrogens with one attached hydrogen (secondary N) is 1. The second-order valence-electron chi connectivity index (χ2n) is 3.84. The number of nitrogens with two attached hydrogens (primary N) is 1. The number of hydrogen-bond donors (Lipinski definition) is 2. The van der Waals surface area contributed by atoms with E-state index in [1.165, 1.54) is 6.20 Å². The van der Waals surface area contributed by atoms with E-state index in [4.69, 9.17) is 10.5 Å². The number of hydrogen-bond acceptors (Lipinski definition) is 4. The van der Waals surface area contributed by atoms with Crippen LogP contribution in [-0.4, -0.2) is 30.1 Å². The molecule has 1 fully saturated rings. The minimum atomic E-state index is -0.146. The molecule has 0 saturated carbocycles. The number of nitrogen functional groups attached to an aromatic ring is 1. The number of nitrogens with zero attached hydrogens (tertiary/aromatic N) is 1. The summed E-state index contributed by atoms with van der Waals surface area (Å²) in [6.07, 6.45) is 3.21. The molecule has 0 radical (unpaired) electrons. The van der Waals surface area contributed by atoms with E-state index in [-0.39, 0.29) is 11.9 Å². The van der Waals surface area contributed by atoms with Crippen LogP contribution >= 0.6 is 0 Å². The molecule has 86 valence electrons. The highest BCUT2D eigenvalue weighted by Crippen LogP contribution is 2.07. The maximum Gasteiger partial charge on any atom is 0.270 e. The van der Waals surface area contributed by atoms with Crippen LogP contribution in [-0.2, 0) is 4.74 Å². The molecule has 2 rings (SSSR count). The second kappa shape index (κ2) is 4.94. The van der Waals surface area contributed by atoms with Gasteiger partial charge in [0.05, 0.1) is 11.9 Å². The second-order valence-corrected chi connectivity index (χ2v) is 3.84. The predicted octanol–water partition coefficient (Wildman–Crippen LogP) is 0.573. The number of pyridine rings is 1. The monoisotopic (exact) mass is 221 g/mol. The average molecular weight is 221 g/mol. The Labute approximate surface area is 94.0 Å². The predicted molar refractivity (Wildman–Crippen MR) is 60.0 cm³/mol. The molecule has 1 saturated heterocycles. The van der Waals surface area contributed by atoms with Crippen molar-refractivity contribution in [3.8, 4) is 0 Å². The Kier molecular flexibility index (Phi) is 3.36. The van der Waals surface area contributed by atoms with Gasteiger partial charge in [0.25, 0.3) is 5.91 Å². The van der Waals surface area contributed by atoms with Crippen molar-refractivity contribution in [1.82, 2.24) is 10.3 Å². The molecule has 0 bridgehead atoms. The normalized spacial score (nSPS) is 17.0. The Morgan fingerprint density at radius 3 is 2.81 bits per heavy atom. The van der Waals surface area contributed by atoms with Crippen LogP contribution in [0.1, 0.15) is 23.3 Å². The van der Waals surface area contributed by atoms with Crippen molar-refractivity contribution in [2.24, 2.45) is 0 Å². The van der Waals surface area contributed by atoms with Crippen LogP contribution < -0.4 is 11.1 Å². The molecule has 1 aliphatic heterocycles. The molecule has 0 atom stereocenters. The number of ether oxygens (including phenoxy) is 1. The van der Waals surface area contributed by atoms with Crippen LogP contribution in [0.3, 0.4) is 0 Å². The summed E-state index contributed by atoms with van der Waals surface area (Å²) in [6.45, 7) is 1.42. The fourth-order valence-electron chi connectivity index (χ4n) is 1.64. The molecular weight excluding hydrogens is 206 g/mol. The first-order valence-electron chi connectivity index (χ1n) is 5.36. The van der Waals surface area contributed by atoms with Crippen LogP contribution in [0.5, 0.6) is 0 Å². The molecule has 1 aromatic heterocycles. The molecule has 0 aliphatic carbocycles. The van der Waals surface area contributed by atoms with Gasteiger partial charge in [0.15, 0.2) is 0 Å². The lowest BCUT2D eigenvalue weighted by molar-refractivity contribution is 0.0694. The summed E-state index contributed by atoms with van der Waals surface area (Å²) in [6, 6.07) is 3.50. The highest BCUT2D eigenvalue weighted by atomic mass is 16.5. The zero-order chi connectivity index (χ0) is 11.4. The number of aromatic nitrogens is 1. The zero-order valence-electron chi connectivity index (χ0n) is 8.98. The number of amides is 1. The molecule has 2 heterocycles. The Hall–Kier alpha value is -1.62. The maximum atomic E-state index is 11.8. The Morgan fingerprint density at radius 2 is 2.19 bits per heavy atom. The highest BCUT2D eigenvalue weighted by Gasteiger charge is 2.17. The van der Waals surface area contributed by atoms with Gasteiger partial charge < -0.3 is 15.8 Å². The smallest absolute Gasteiger partial charge is 0.270 e. The largest absolute Gasteiger partial charge is 0.397 e. The summed E-state index contributed by atoms with van der Waals surface area (Å²) in [7, 11) is 0. The molecule has 1 amide bonds. The SMILES string of the molecule is Nc1ccc(C(=O)NC2CCOCC2)nc1. The van der Waals surface area contributed by atoms with Crippen LogP contribution in [0.4, 0.5) is 5.69 Å². The van der Waals surface area contributed by atoms with Crippen LogP contribution in [0.2, 0.25) is 0 Å². The maximum absolute atomic E-state index is 11.8. The third kappa shape index (κ3) is 2.70. The van der Waals surface area contributed by atoms with Gasteiger partial charge in [-0.2, -0.15) is 0 Å². The van der Waals surface area contributed by atoms with E-state index in [0.29, 0.717) is 24.6 Å². The standard InChI is InChI=1S/C11H15N3O2/c12-8-1-2-10(13-7-8)11(15)14-9-3-5-16-6-4-9/h1-2,7,9H,3-6,12H2,(H,14,15). The van der Waals surface area contributed by atoms with Crippen molar-refractivity contribution < 1.29 is 9.53 Å². The van der Waals surface area contributed by atoms with Gasteiger partial charge in [0.2, 0.25) is 0 Å². The fourth-order valence-corrected chi connectivity index (χ4v) is 1.64. The summed E-state index contributed by atoms with van der Waals surface area (Å²) in [4.78, 5) is 15.7. The topological polar surface area (TPSA) is 77.2 Å². The van der Waals surface area contributed by atoms with Crippen molar-refractivity contribution in [3.63, 3.8) is 0 Å². The van der Waals surface area contributed by atoms with E-state index in [0.717, 1.165) is 12.8 Å². The zero-order valence-corrected chi connectivity index (χ0v) is 8.98. The van der Waals surface area contributed by atoms with Crippen LogP contribution in [0.15, 0.2) is 18.3 Å². The van der Waals surface area contributed by atoms with Gasteiger partial charge >= 0.3 is 0 Å². The third-order valence-corrected chi connectivity index (χ3v) is 2.58. The van der Waals surface area contributed by atoms with E-state index in [2.05, 4.69) is 10.3 Å². The first kappa shape index (κ1) is 10.9. The van der Waals surface area contributed by atoms with Gasteiger partial charge in [-0.25, -0.2) is 4.98 Å². The van der Waals surface area contributed by atoms with E-state index in [1.54, 1.807) is 12.1 Å². The minimum Gasteiger partial charge on any atom is -0.397 e. The van der Waals surface area contributed by atoms with E-state index in [1.807, 2.05) is 0 Å². The number of carbonyl (C=O) groups is 1. The van der Waals surface area contributed by atoms with Gasteiger partial charge in [-0.05, 0) is 25.0 Å². The summed E-state index contributed by atoms with van der Waals surface area (Å²) >= 11 is 0. The van der Waals surface area contributed by atoms with Crippen LogP contribution in [0, 0.1) is 0 Å². The van der Waals surface area contributed by atoms with Crippen molar-refractivity contribution in [1.29, 1.82) is 0 Å². The minimum absolute atomic E-state index is 0.146. The first-order chi connectivity index (χ1) is 7.75. The average Bonchev–Trinajstić information content (AvgIpc) is 2.31. The van der Waals surface area contributed by atoms with Crippen LogP contribution in [0.25, 0.3) is 0 Å². The molecule has 3 N–H and O–H groups in total. The van der Waals surface area contributed by atoms with Crippen molar-refractivity contribution in [3.05, 3.63) is 24.0 Å². The third-order valence-electron chi connectivity index (χ3n) is 2.58. The number of rotatable bonds is 2.